The molecule has 0 amide bonds. The fourth-order valence-electron chi connectivity index (χ4n) is 6.64. The predicted octanol–water partition coefficient (Wildman–Crippen LogP) is 12.4. The second kappa shape index (κ2) is 24.3. The normalized spacial score (nSPS) is 21.1. The van der Waals surface area contributed by atoms with Crippen molar-refractivity contribution in [3.63, 3.8) is 0 Å². The van der Waals surface area contributed by atoms with Gasteiger partial charge in [-0.25, -0.2) is 4.79 Å². The van der Waals surface area contributed by atoms with Gasteiger partial charge >= 0.3 is 5.97 Å². The van der Waals surface area contributed by atoms with Crippen molar-refractivity contribution in [2.24, 2.45) is 0 Å². The van der Waals surface area contributed by atoms with Crippen molar-refractivity contribution in [3.05, 3.63) is 23.8 Å². The lowest BCUT2D eigenvalue weighted by Gasteiger charge is -2.41. The van der Waals surface area contributed by atoms with E-state index in [1.807, 2.05) is 19.1 Å². The molecule has 2 rings (SSSR count). The van der Waals surface area contributed by atoms with E-state index in [0.717, 1.165) is 32.1 Å². The maximum absolute atomic E-state index is 12.3. The molecule has 8 heteroatoms. The topological polar surface area (TPSA) is 74.2 Å². The molecule has 1 N–H and O–H groups in total. The van der Waals surface area contributed by atoms with Crippen LogP contribution in [-0.4, -0.2) is 64.3 Å². The number of hydrogen-bond donors (Lipinski definition) is 1. The van der Waals surface area contributed by atoms with E-state index in [-0.39, 0.29) is 46.6 Å². The zero-order valence-electron chi connectivity index (χ0n) is 37.4. The van der Waals surface area contributed by atoms with Crippen molar-refractivity contribution < 1.29 is 28.2 Å². The van der Waals surface area contributed by atoms with Crippen molar-refractivity contribution in [1.82, 2.24) is 0 Å². The maximum Gasteiger partial charge on any atom is 0.334 e. The van der Waals surface area contributed by atoms with Crippen molar-refractivity contribution >= 4 is 22.6 Å². The van der Waals surface area contributed by atoms with Crippen LogP contribution in [0.5, 0.6) is 0 Å². The SMILES string of the molecule is CCCCCCCCCCCC[C@@H](O[Si](C)(C)C(C)(C)C)[C@H]1CC[C@H]([C@H](O)C#CCCCC#C/C=C/C[C@@H](CC2=C[C@H](C)OC2=O)O[Si](C)(C)C(C)(C)C)O1. The summed E-state index contributed by atoms with van der Waals surface area (Å²) in [4.78, 5) is 12.3. The minimum atomic E-state index is -2.02. The molecule has 0 aliphatic carbocycles. The molecule has 0 unspecified atom stereocenters. The molecule has 55 heavy (non-hydrogen) atoms. The van der Waals surface area contributed by atoms with Gasteiger partial charge in [0.25, 0.3) is 0 Å². The van der Waals surface area contributed by atoms with Crippen molar-refractivity contribution in [3.8, 4) is 23.7 Å². The van der Waals surface area contributed by atoms with Crippen LogP contribution in [0.1, 0.15) is 171 Å². The van der Waals surface area contributed by atoms with Gasteiger partial charge in [0.1, 0.15) is 12.2 Å². The number of carbonyl (C=O) groups excluding carboxylic acids is 1. The lowest BCUT2D eigenvalue weighted by molar-refractivity contribution is -0.139. The van der Waals surface area contributed by atoms with E-state index in [9.17, 15) is 9.90 Å². The molecule has 1 fully saturated rings. The number of ether oxygens (including phenoxy) is 2. The molecule has 0 aromatic heterocycles. The van der Waals surface area contributed by atoms with Gasteiger partial charge in [0.15, 0.2) is 16.6 Å². The van der Waals surface area contributed by atoms with Crippen LogP contribution in [0.2, 0.25) is 36.3 Å². The van der Waals surface area contributed by atoms with Gasteiger partial charge in [0, 0.05) is 24.8 Å². The van der Waals surface area contributed by atoms with Gasteiger partial charge in [0.05, 0.1) is 24.4 Å². The molecule has 0 spiro atoms. The first-order valence-electron chi connectivity index (χ1n) is 22.0. The van der Waals surface area contributed by atoms with Crippen molar-refractivity contribution in [1.29, 1.82) is 0 Å². The van der Waals surface area contributed by atoms with Crippen LogP contribution < -0.4 is 0 Å². The summed E-state index contributed by atoms with van der Waals surface area (Å²) >= 11 is 0. The van der Waals surface area contributed by atoms with Crippen LogP contribution in [0.25, 0.3) is 0 Å². The average Bonchev–Trinajstić information content (AvgIpc) is 3.70. The van der Waals surface area contributed by atoms with E-state index in [1.165, 1.54) is 64.2 Å². The van der Waals surface area contributed by atoms with Crippen LogP contribution in [0.3, 0.4) is 0 Å². The van der Waals surface area contributed by atoms with Gasteiger partial charge in [0.2, 0.25) is 0 Å². The zero-order chi connectivity index (χ0) is 41.1. The highest BCUT2D eigenvalue weighted by Crippen LogP contribution is 2.41. The number of allylic oxidation sites excluding steroid dienone is 1. The average molecular weight is 799 g/mol. The molecule has 6 atom stereocenters. The molecular weight excluding hydrogens is 717 g/mol. The minimum absolute atomic E-state index is 0.0198. The molecule has 0 radical (unpaired) electrons. The first-order valence-corrected chi connectivity index (χ1v) is 27.8. The van der Waals surface area contributed by atoms with Gasteiger partial charge in [-0.3, -0.25) is 0 Å². The Balaban J connectivity index is 1.82. The van der Waals surface area contributed by atoms with Gasteiger partial charge in [-0.2, -0.15) is 0 Å². The van der Waals surface area contributed by atoms with Crippen LogP contribution in [0.4, 0.5) is 0 Å². The molecular formula is C47H82O6Si2. The molecule has 314 valence electrons. The maximum atomic E-state index is 12.3. The second-order valence-electron chi connectivity index (χ2n) is 19.3. The number of rotatable bonds is 23. The predicted molar refractivity (Wildman–Crippen MR) is 236 cm³/mol. The van der Waals surface area contributed by atoms with Crippen LogP contribution in [0, 0.1) is 23.7 Å². The first kappa shape index (κ1) is 49.5. The van der Waals surface area contributed by atoms with E-state index < -0.39 is 22.7 Å². The third kappa shape index (κ3) is 18.6. The number of esters is 1. The Kier molecular flexibility index (Phi) is 21.9. The standard InChI is InChI=1S/C47H82O6Si2/c1-13-14-15-16-17-18-19-24-27-30-33-44(53-55(11,12)47(6,7)8)43-35-34-42(51-43)41(48)32-29-26-23-21-20-22-25-28-31-40(52-54(9,10)46(3,4)5)37-39-36-38(2)50-45(39)49/h25,28,36,38,40-44,48H,13-19,21,23-24,26-27,30-31,33-35,37H2,1-12H3/b28-25+/t38-,40-,41+,42+,43+,44+/m0/s1. The number of hydrogen-bond acceptors (Lipinski definition) is 6. The summed E-state index contributed by atoms with van der Waals surface area (Å²) < 4.78 is 25.5. The van der Waals surface area contributed by atoms with Crippen molar-refractivity contribution in [2.75, 3.05) is 0 Å². The highest BCUT2D eigenvalue weighted by molar-refractivity contribution is 6.74. The summed E-state index contributed by atoms with van der Waals surface area (Å²) in [5.41, 5.74) is 0.709. The van der Waals surface area contributed by atoms with E-state index >= 15 is 0 Å². The van der Waals surface area contributed by atoms with Gasteiger partial charge in [-0.15, -0.1) is 5.92 Å². The number of cyclic esters (lactones) is 1. The highest BCUT2D eigenvalue weighted by Gasteiger charge is 2.43. The van der Waals surface area contributed by atoms with Crippen LogP contribution in [-0.2, 0) is 23.1 Å². The summed E-state index contributed by atoms with van der Waals surface area (Å²) in [5, 5.41) is 11.2. The highest BCUT2D eigenvalue weighted by atomic mass is 28.4. The number of unbranched alkanes of at least 4 members (excludes halogenated alkanes) is 11. The zero-order valence-corrected chi connectivity index (χ0v) is 39.4. The molecule has 1 saturated heterocycles. The minimum Gasteiger partial charge on any atom is -0.455 e. The Bertz CT molecular complexity index is 1310. The Morgan fingerprint density at radius 2 is 1.40 bits per heavy atom. The van der Waals surface area contributed by atoms with E-state index in [1.54, 1.807) is 0 Å². The van der Waals surface area contributed by atoms with Crippen LogP contribution in [0.15, 0.2) is 23.8 Å². The monoisotopic (exact) mass is 799 g/mol. The quantitative estimate of drug-likeness (QED) is 0.0480. The molecule has 2 aliphatic heterocycles. The summed E-state index contributed by atoms with van der Waals surface area (Å²) in [6, 6.07) is 0. The Labute approximate surface area is 341 Å². The summed E-state index contributed by atoms with van der Waals surface area (Å²) in [6.45, 7) is 26.9. The van der Waals surface area contributed by atoms with Crippen molar-refractivity contribution in [2.45, 2.75) is 244 Å². The van der Waals surface area contributed by atoms with Gasteiger partial charge < -0.3 is 23.4 Å². The second-order valence-corrected chi connectivity index (χ2v) is 28.8. The molecule has 2 heterocycles. The summed E-state index contributed by atoms with van der Waals surface area (Å²) in [5.74, 6) is 12.4. The molecule has 6 nitrogen and oxygen atoms in total. The van der Waals surface area contributed by atoms with E-state index in [0.29, 0.717) is 24.8 Å². The fraction of sp³-hybridized carbons (Fsp3) is 0.809. The largest absolute Gasteiger partial charge is 0.455 e. The lowest BCUT2D eigenvalue weighted by Crippen LogP contribution is -2.47. The molecule has 0 aromatic rings. The fourth-order valence-corrected chi connectivity index (χ4v) is 9.39. The van der Waals surface area contributed by atoms with Gasteiger partial charge in [-0.05, 0) is 87.4 Å². The number of aliphatic hydroxyl groups excluding tert-OH is 1. The number of aliphatic hydroxyl groups is 1. The smallest absolute Gasteiger partial charge is 0.334 e. The lowest BCUT2D eigenvalue weighted by atomic mass is 10.0. The van der Waals surface area contributed by atoms with Gasteiger partial charge in [-0.1, -0.05) is 137 Å². The summed E-state index contributed by atoms with van der Waals surface area (Å²) in [7, 11) is -3.99. The van der Waals surface area contributed by atoms with E-state index in [4.69, 9.17) is 18.3 Å². The Morgan fingerprint density at radius 1 is 0.836 bits per heavy atom. The number of carbonyl (C=O) groups is 1. The summed E-state index contributed by atoms with van der Waals surface area (Å²) in [6.07, 6.45) is 24.2. The first-order chi connectivity index (χ1) is 25.8. The van der Waals surface area contributed by atoms with E-state index in [2.05, 4.69) is 104 Å². The van der Waals surface area contributed by atoms with Crippen LogP contribution >= 0.6 is 0 Å². The molecule has 0 aromatic carbocycles. The third-order valence-corrected chi connectivity index (χ3v) is 21.2. The molecule has 0 saturated carbocycles. The molecule has 0 bridgehead atoms. The Hall–Kier alpha value is -1.66. The third-order valence-electron chi connectivity index (χ3n) is 12.2. The Morgan fingerprint density at radius 3 is 1.98 bits per heavy atom. The molecule has 2 aliphatic rings.